The lowest BCUT2D eigenvalue weighted by atomic mass is 9.99. The Morgan fingerprint density at radius 1 is 1.10 bits per heavy atom. The molecule has 0 saturated heterocycles. The van der Waals surface area contributed by atoms with Crippen LogP contribution in [0.15, 0.2) is 48.5 Å². The van der Waals surface area contributed by atoms with Gasteiger partial charge in [0, 0.05) is 19.6 Å². The molecule has 0 fully saturated rings. The lowest BCUT2D eigenvalue weighted by Crippen LogP contribution is -2.32. The van der Waals surface area contributed by atoms with Crippen LogP contribution in [0.1, 0.15) is 29.2 Å². The normalized spacial score (nSPS) is 16.5. The van der Waals surface area contributed by atoms with Crippen molar-refractivity contribution < 1.29 is 9.50 Å². The first kappa shape index (κ1) is 14.2. The summed E-state index contributed by atoms with van der Waals surface area (Å²) >= 11 is 0. The Balaban J connectivity index is 1.57. The van der Waals surface area contributed by atoms with Crippen LogP contribution in [0.2, 0.25) is 0 Å². The first-order valence-corrected chi connectivity index (χ1v) is 7.45. The van der Waals surface area contributed by atoms with Crippen molar-refractivity contribution in [3.05, 3.63) is 71.0 Å². The fraction of sp³-hybridized carbons (Fsp3) is 0.333. The number of halogens is 1. The van der Waals surface area contributed by atoms with Crippen molar-refractivity contribution in [1.29, 1.82) is 0 Å². The molecule has 0 aliphatic carbocycles. The lowest BCUT2D eigenvalue weighted by molar-refractivity contribution is 0.137. The second-order valence-corrected chi connectivity index (χ2v) is 5.65. The molecule has 110 valence electrons. The van der Waals surface area contributed by atoms with Crippen molar-refractivity contribution in [2.45, 2.75) is 25.5 Å². The molecule has 0 radical (unpaired) electrons. The van der Waals surface area contributed by atoms with Crippen LogP contribution >= 0.6 is 0 Å². The summed E-state index contributed by atoms with van der Waals surface area (Å²) in [5.74, 6) is -0.293. The minimum Gasteiger partial charge on any atom is -0.388 e. The zero-order chi connectivity index (χ0) is 14.7. The third kappa shape index (κ3) is 3.49. The highest BCUT2D eigenvalue weighted by Crippen LogP contribution is 2.22. The molecule has 2 aromatic rings. The molecule has 1 heterocycles. The number of benzene rings is 2. The van der Waals surface area contributed by atoms with Gasteiger partial charge in [-0.3, -0.25) is 4.90 Å². The van der Waals surface area contributed by atoms with Gasteiger partial charge in [-0.2, -0.15) is 0 Å². The number of fused-ring (bicyclic) bond motifs is 1. The molecule has 0 aromatic heterocycles. The molecule has 21 heavy (non-hydrogen) atoms. The second-order valence-electron chi connectivity index (χ2n) is 5.65. The predicted molar refractivity (Wildman–Crippen MR) is 81.4 cm³/mol. The molecule has 3 heteroatoms. The van der Waals surface area contributed by atoms with Gasteiger partial charge in [0.15, 0.2) is 0 Å². The molecule has 3 rings (SSSR count). The fourth-order valence-electron chi connectivity index (χ4n) is 2.93. The predicted octanol–water partition coefficient (Wildman–Crippen LogP) is 3.31. The minimum absolute atomic E-state index is 0.293. The molecule has 1 N–H and O–H groups in total. The summed E-state index contributed by atoms with van der Waals surface area (Å²) in [7, 11) is 0. The molecule has 1 atom stereocenters. The van der Waals surface area contributed by atoms with Gasteiger partial charge in [-0.15, -0.1) is 0 Å². The van der Waals surface area contributed by atoms with E-state index in [-0.39, 0.29) is 5.82 Å². The van der Waals surface area contributed by atoms with E-state index in [0.717, 1.165) is 26.1 Å². The van der Waals surface area contributed by atoms with E-state index < -0.39 is 6.10 Å². The number of rotatable bonds is 4. The third-order valence-corrected chi connectivity index (χ3v) is 4.16. The van der Waals surface area contributed by atoms with E-state index in [2.05, 4.69) is 29.2 Å². The maximum absolute atomic E-state index is 13.2. The summed E-state index contributed by atoms with van der Waals surface area (Å²) in [4.78, 5) is 2.35. The minimum atomic E-state index is -0.599. The van der Waals surface area contributed by atoms with Gasteiger partial charge in [0.1, 0.15) is 5.82 Å². The molecule has 1 aliphatic rings. The van der Waals surface area contributed by atoms with Crippen LogP contribution in [0.4, 0.5) is 4.39 Å². The number of nitrogens with zero attached hydrogens (tertiary/aromatic N) is 1. The van der Waals surface area contributed by atoms with Crippen LogP contribution < -0.4 is 0 Å². The summed E-state index contributed by atoms with van der Waals surface area (Å²) in [6.45, 7) is 2.78. The highest BCUT2D eigenvalue weighted by atomic mass is 19.1. The summed E-state index contributed by atoms with van der Waals surface area (Å²) in [6.07, 6.45) is 1.09. The Morgan fingerprint density at radius 2 is 1.90 bits per heavy atom. The average Bonchev–Trinajstić information content (AvgIpc) is 2.52. The molecule has 0 saturated carbocycles. The van der Waals surface area contributed by atoms with Crippen molar-refractivity contribution in [2.24, 2.45) is 0 Å². The Morgan fingerprint density at radius 3 is 2.71 bits per heavy atom. The number of hydrogen-bond donors (Lipinski definition) is 1. The zero-order valence-corrected chi connectivity index (χ0v) is 12.0. The van der Waals surface area contributed by atoms with E-state index >= 15 is 0 Å². The first-order valence-electron chi connectivity index (χ1n) is 7.45. The first-order chi connectivity index (χ1) is 10.2. The highest BCUT2D eigenvalue weighted by molar-refractivity contribution is 5.29. The van der Waals surface area contributed by atoms with Crippen molar-refractivity contribution in [1.82, 2.24) is 4.90 Å². The molecule has 1 unspecified atom stereocenters. The van der Waals surface area contributed by atoms with E-state index in [1.165, 1.54) is 23.3 Å². The summed E-state index contributed by atoms with van der Waals surface area (Å²) in [6, 6.07) is 14.8. The van der Waals surface area contributed by atoms with Gasteiger partial charge < -0.3 is 5.11 Å². The molecule has 0 spiro atoms. The zero-order valence-electron chi connectivity index (χ0n) is 12.0. The Labute approximate surface area is 124 Å². The van der Waals surface area contributed by atoms with E-state index in [9.17, 15) is 9.50 Å². The van der Waals surface area contributed by atoms with Gasteiger partial charge in [-0.25, -0.2) is 4.39 Å². The van der Waals surface area contributed by atoms with Crippen LogP contribution in [0, 0.1) is 5.82 Å². The maximum atomic E-state index is 13.2. The van der Waals surface area contributed by atoms with E-state index in [1.54, 1.807) is 12.1 Å². The number of aliphatic hydroxyl groups is 1. The van der Waals surface area contributed by atoms with Crippen LogP contribution in [-0.4, -0.2) is 23.1 Å². The number of hydrogen-bond acceptors (Lipinski definition) is 2. The monoisotopic (exact) mass is 285 g/mol. The Bertz CT molecular complexity index is 614. The van der Waals surface area contributed by atoms with Gasteiger partial charge in [-0.05, 0) is 41.7 Å². The van der Waals surface area contributed by atoms with E-state index in [4.69, 9.17) is 0 Å². The van der Waals surface area contributed by atoms with Crippen LogP contribution in [0.3, 0.4) is 0 Å². The SMILES string of the molecule is OC(CCN1CCc2ccccc2C1)c1cccc(F)c1. The number of aliphatic hydroxyl groups excluding tert-OH is 1. The molecular weight excluding hydrogens is 265 g/mol. The summed E-state index contributed by atoms with van der Waals surface area (Å²) in [5, 5.41) is 10.2. The molecule has 1 aliphatic heterocycles. The van der Waals surface area contributed by atoms with Crippen LogP contribution in [0.5, 0.6) is 0 Å². The molecule has 0 bridgehead atoms. The topological polar surface area (TPSA) is 23.5 Å². The second kappa shape index (κ2) is 6.37. The van der Waals surface area contributed by atoms with Gasteiger partial charge >= 0.3 is 0 Å². The van der Waals surface area contributed by atoms with Gasteiger partial charge in [0.05, 0.1) is 6.10 Å². The van der Waals surface area contributed by atoms with Crippen LogP contribution in [-0.2, 0) is 13.0 Å². The molecular formula is C18H20FNO. The third-order valence-electron chi connectivity index (χ3n) is 4.16. The van der Waals surface area contributed by atoms with Crippen molar-refractivity contribution >= 4 is 0 Å². The Kier molecular flexibility index (Phi) is 4.32. The largest absolute Gasteiger partial charge is 0.388 e. The van der Waals surface area contributed by atoms with Crippen molar-refractivity contribution in [3.8, 4) is 0 Å². The Hall–Kier alpha value is -1.71. The van der Waals surface area contributed by atoms with Gasteiger partial charge in [0.2, 0.25) is 0 Å². The fourth-order valence-corrected chi connectivity index (χ4v) is 2.93. The average molecular weight is 285 g/mol. The van der Waals surface area contributed by atoms with E-state index in [1.807, 2.05) is 0 Å². The van der Waals surface area contributed by atoms with Gasteiger partial charge in [0.25, 0.3) is 0 Å². The summed E-state index contributed by atoms with van der Waals surface area (Å²) in [5.41, 5.74) is 3.47. The summed E-state index contributed by atoms with van der Waals surface area (Å²) < 4.78 is 13.2. The maximum Gasteiger partial charge on any atom is 0.123 e. The lowest BCUT2D eigenvalue weighted by Gasteiger charge is -2.29. The smallest absolute Gasteiger partial charge is 0.123 e. The van der Waals surface area contributed by atoms with Gasteiger partial charge in [-0.1, -0.05) is 36.4 Å². The standard InChI is InChI=1S/C18H20FNO/c19-17-7-3-6-15(12-17)18(21)9-11-20-10-8-14-4-1-2-5-16(14)13-20/h1-7,12,18,21H,8-11,13H2. The molecule has 0 amide bonds. The van der Waals surface area contributed by atoms with Crippen molar-refractivity contribution in [3.63, 3.8) is 0 Å². The van der Waals surface area contributed by atoms with Crippen LogP contribution in [0.25, 0.3) is 0 Å². The quantitative estimate of drug-likeness (QED) is 0.931. The van der Waals surface area contributed by atoms with Crippen molar-refractivity contribution in [2.75, 3.05) is 13.1 Å². The molecule has 2 nitrogen and oxygen atoms in total. The van der Waals surface area contributed by atoms with E-state index in [0.29, 0.717) is 12.0 Å². The highest BCUT2D eigenvalue weighted by Gasteiger charge is 2.17. The molecule has 2 aromatic carbocycles.